The largest absolute Gasteiger partial charge is 0.465 e. The molecule has 0 saturated carbocycles. The van der Waals surface area contributed by atoms with Crippen molar-refractivity contribution in [2.45, 2.75) is 13.8 Å². The van der Waals surface area contributed by atoms with Crippen LogP contribution >= 0.6 is 12.2 Å². The van der Waals surface area contributed by atoms with Crippen molar-refractivity contribution in [2.75, 3.05) is 18.1 Å². The molecule has 0 spiro atoms. The number of aryl methyl sites for hydroxylation is 1. The molecule has 1 saturated heterocycles. The van der Waals surface area contributed by atoms with Gasteiger partial charge in [-0.2, -0.15) is 0 Å². The van der Waals surface area contributed by atoms with E-state index in [-0.39, 0.29) is 18.3 Å². The summed E-state index contributed by atoms with van der Waals surface area (Å²) in [6.45, 7) is 3.40. The molecule has 2 rings (SSSR count). The maximum atomic E-state index is 12.0. The second-order valence-electron chi connectivity index (χ2n) is 4.46. The number of carbonyl (C=O) groups is 3. The summed E-state index contributed by atoms with van der Waals surface area (Å²) in [6.07, 6.45) is 0. The molecule has 2 amide bonds. The Kier molecular flexibility index (Phi) is 4.32. The quantitative estimate of drug-likeness (QED) is 0.472. The summed E-state index contributed by atoms with van der Waals surface area (Å²) in [7, 11) is 0. The van der Waals surface area contributed by atoms with Crippen LogP contribution in [0.5, 0.6) is 0 Å². The zero-order chi connectivity index (χ0) is 15.6. The summed E-state index contributed by atoms with van der Waals surface area (Å²) in [4.78, 5) is 37.5. The summed E-state index contributed by atoms with van der Waals surface area (Å²) in [5.41, 5.74) is 1.52. The molecule has 1 heterocycles. The lowest BCUT2D eigenvalue weighted by Gasteiger charge is -2.18. The Morgan fingerprint density at radius 1 is 1.19 bits per heavy atom. The average molecular weight is 306 g/mol. The maximum Gasteiger partial charge on any atom is 0.326 e. The number of hydrogen-bond donors (Lipinski definition) is 0. The minimum atomic E-state index is -0.825. The number of thiocarbonyl (C=S) groups is 1. The monoisotopic (exact) mass is 306 g/mol. The summed E-state index contributed by atoms with van der Waals surface area (Å²) >= 11 is 5.14. The second-order valence-corrected chi connectivity index (χ2v) is 4.82. The van der Waals surface area contributed by atoms with Crippen LogP contribution in [0.1, 0.15) is 12.5 Å². The second kappa shape index (κ2) is 6.01. The van der Waals surface area contributed by atoms with E-state index in [0.717, 1.165) is 15.4 Å². The van der Waals surface area contributed by atoms with Crippen LogP contribution in [-0.4, -0.2) is 40.9 Å². The Bertz CT molecular complexity index is 612. The molecule has 1 aliphatic heterocycles. The lowest BCUT2D eigenvalue weighted by Crippen LogP contribution is -2.37. The fourth-order valence-corrected chi connectivity index (χ4v) is 2.24. The van der Waals surface area contributed by atoms with Gasteiger partial charge in [0.05, 0.1) is 12.3 Å². The van der Waals surface area contributed by atoms with Crippen molar-refractivity contribution in [3.63, 3.8) is 0 Å². The van der Waals surface area contributed by atoms with Crippen molar-refractivity contribution in [2.24, 2.45) is 0 Å². The lowest BCUT2D eigenvalue weighted by atomic mass is 10.2. The smallest absolute Gasteiger partial charge is 0.326 e. The van der Waals surface area contributed by atoms with Gasteiger partial charge in [0.25, 0.3) is 0 Å². The first-order valence-corrected chi connectivity index (χ1v) is 6.78. The van der Waals surface area contributed by atoms with Crippen LogP contribution in [-0.2, 0) is 19.1 Å². The topological polar surface area (TPSA) is 66.9 Å². The number of ether oxygens (including phenoxy) is 1. The first kappa shape index (κ1) is 15.1. The summed E-state index contributed by atoms with van der Waals surface area (Å²) in [5.74, 6) is -2.20. The molecule has 7 heteroatoms. The van der Waals surface area contributed by atoms with Gasteiger partial charge in [-0.05, 0) is 38.2 Å². The normalized spacial score (nSPS) is 14.9. The molecule has 0 bridgehead atoms. The van der Waals surface area contributed by atoms with Crippen LogP contribution in [0.2, 0.25) is 0 Å². The van der Waals surface area contributed by atoms with E-state index in [0.29, 0.717) is 5.69 Å². The highest BCUT2D eigenvalue weighted by Gasteiger charge is 2.43. The predicted octanol–water partition coefficient (Wildman–Crippen LogP) is 1.02. The molecule has 110 valence electrons. The number of esters is 1. The number of anilines is 1. The highest BCUT2D eigenvalue weighted by molar-refractivity contribution is 7.80. The molecule has 0 unspecified atom stereocenters. The van der Waals surface area contributed by atoms with Crippen molar-refractivity contribution in [3.05, 3.63) is 29.8 Å². The molecule has 0 atom stereocenters. The lowest BCUT2D eigenvalue weighted by molar-refractivity contribution is -0.147. The fraction of sp³-hybridized carbons (Fsp3) is 0.286. The van der Waals surface area contributed by atoms with Gasteiger partial charge in [0.15, 0.2) is 5.11 Å². The van der Waals surface area contributed by atoms with Crippen LogP contribution in [0.25, 0.3) is 0 Å². The van der Waals surface area contributed by atoms with E-state index in [2.05, 4.69) is 0 Å². The van der Waals surface area contributed by atoms with Gasteiger partial charge < -0.3 is 4.74 Å². The number of rotatable bonds is 4. The molecule has 1 aliphatic rings. The van der Waals surface area contributed by atoms with Gasteiger partial charge in [-0.1, -0.05) is 17.7 Å². The van der Waals surface area contributed by atoms with E-state index < -0.39 is 17.8 Å². The van der Waals surface area contributed by atoms with Crippen molar-refractivity contribution < 1.29 is 19.1 Å². The van der Waals surface area contributed by atoms with Crippen LogP contribution in [0, 0.1) is 6.92 Å². The molecule has 1 aromatic carbocycles. The molecule has 0 N–H and O–H groups in total. The van der Waals surface area contributed by atoms with Gasteiger partial charge in [-0.15, -0.1) is 0 Å². The molecule has 21 heavy (non-hydrogen) atoms. The summed E-state index contributed by atoms with van der Waals surface area (Å²) in [6, 6.07) is 7.01. The summed E-state index contributed by atoms with van der Waals surface area (Å²) < 4.78 is 4.77. The minimum Gasteiger partial charge on any atom is -0.465 e. The number of carbonyl (C=O) groups excluding carboxylic acids is 3. The third kappa shape index (κ3) is 2.92. The van der Waals surface area contributed by atoms with E-state index in [1.165, 1.54) is 0 Å². The van der Waals surface area contributed by atoms with Crippen molar-refractivity contribution in [1.82, 2.24) is 4.90 Å². The third-order valence-corrected chi connectivity index (χ3v) is 3.34. The molecular weight excluding hydrogens is 292 g/mol. The van der Waals surface area contributed by atoms with Gasteiger partial charge in [0.1, 0.15) is 6.54 Å². The first-order valence-electron chi connectivity index (χ1n) is 6.38. The zero-order valence-electron chi connectivity index (χ0n) is 11.7. The highest BCUT2D eigenvalue weighted by atomic mass is 32.1. The predicted molar refractivity (Wildman–Crippen MR) is 79.6 cm³/mol. The molecule has 0 radical (unpaired) electrons. The van der Waals surface area contributed by atoms with E-state index in [1.807, 2.05) is 19.1 Å². The Labute approximate surface area is 127 Å². The zero-order valence-corrected chi connectivity index (χ0v) is 12.5. The Morgan fingerprint density at radius 2 is 1.81 bits per heavy atom. The third-order valence-electron chi connectivity index (χ3n) is 2.94. The van der Waals surface area contributed by atoms with Crippen LogP contribution < -0.4 is 4.90 Å². The number of hydrogen-bond acceptors (Lipinski definition) is 5. The fourth-order valence-electron chi connectivity index (χ4n) is 1.90. The van der Waals surface area contributed by atoms with Gasteiger partial charge in [0, 0.05) is 0 Å². The molecule has 0 aromatic heterocycles. The molecular formula is C14H14N2O4S. The maximum absolute atomic E-state index is 12.0. The first-order chi connectivity index (χ1) is 9.95. The van der Waals surface area contributed by atoms with E-state index in [1.54, 1.807) is 19.1 Å². The van der Waals surface area contributed by atoms with Crippen LogP contribution in [0.15, 0.2) is 24.3 Å². The number of amides is 2. The van der Waals surface area contributed by atoms with Gasteiger partial charge >= 0.3 is 17.8 Å². The molecule has 0 aliphatic carbocycles. The van der Waals surface area contributed by atoms with Crippen molar-refractivity contribution >= 4 is 40.8 Å². The van der Waals surface area contributed by atoms with E-state index in [9.17, 15) is 14.4 Å². The van der Waals surface area contributed by atoms with Gasteiger partial charge in [-0.3, -0.25) is 19.3 Å². The van der Waals surface area contributed by atoms with Crippen LogP contribution in [0.4, 0.5) is 5.69 Å². The summed E-state index contributed by atoms with van der Waals surface area (Å²) in [5, 5.41) is -0.0121. The van der Waals surface area contributed by atoms with Gasteiger partial charge in [0.2, 0.25) is 0 Å². The van der Waals surface area contributed by atoms with E-state index in [4.69, 9.17) is 17.0 Å². The van der Waals surface area contributed by atoms with Crippen LogP contribution in [0.3, 0.4) is 0 Å². The van der Waals surface area contributed by atoms with Crippen molar-refractivity contribution in [3.8, 4) is 0 Å². The van der Waals surface area contributed by atoms with Gasteiger partial charge in [-0.25, -0.2) is 4.90 Å². The SMILES string of the molecule is CCOC(=O)CN1C(=O)C(=O)N(c2ccc(C)cc2)C1=S. The number of benzene rings is 1. The Morgan fingerprint density at radius 3 is 2.38 bits per heavy atom. The molecule has 1 aromatic rings. The highest BCUT2D eigenvalue weighted by Crippen LogP contribution is 2.22. The van der Waals surface area contributed by atoms with E-state index >= 15 is 0 Å². The Balaban J connectivity index is 2.24. The average Bonchev–Trinajstić information content (AvgIpc) is 2.65. The minimum absolute atomic E-state index is 0.0121. The number of nitrogens with zero attached hydrogens (tertiary/aromatic N) is 2. The Hall–Kier alpha value is -2.28. The van der Waals surface area contributed by atoms with Crippen molar-refractivity contribution in [1.29, 1.82) is 0 Å². The standard InChI is InChI=1S/C14H14N2O4S/c1-3-20-11(17)8-15-12(18)13(19)16(14(15)21)10-6-4-9(2)5-7-10/h4-7H,3,8H2,1-2H3. The molecule has 6 nitrogen and oxygen atoms in total. The molecule has 1 fully saturated rings.